The van der Waals surface area contributed by atoms with Gasteiger partial charge in [-0.3, -0.25) is 0 Å². The molecule has 3 nitrogen and oxygen atoms in total. The maximum atomic E-state index is 9.67. The molecule has 2 N–H and O–H groups in total. The molecular formula is C12H14O3. The Balaban J connectivity index is 2.34. The zero-order chi connectivity index (χ0) is 10.8. The number of hydrogen-bond acceptors (Lipinski definition) is 3. The molecule has 15 heavy (non-hydrogen) atoms. The summed E-state index contributed by atoms with van der Waals surface area (Å²) in [5.41, 5.74) is 1.58. The number of ether oxygens (including phenoxy) is 1. The fraction of sp³-hybridized carbons (Fsp3) is 0.333. The van der Waals surface area contributed by atoms with Gasteiger partial charge in [-0.05, 0) is 31.6 Å². The second-order valence-corrected chi connectivity index (χ2v) is 3.55. The molecule has 0 unspecified atom stereocenters. The van der Waals surface area contributed by atoms with Crippen LogP contribution in [0.15, 0.2) is 24.0 Å². The summed E-state index contributed by atoms with van der Waals surface area (Å²) >= 11 is 0. The lowest BCUT2D eigenvalue weighted by molar-refractivity contribution is 0.219. The predicted molar refractivity (Wildman–Crippen MR) is 56.9 cm³/mol. The van der Waals surface area contributed by atoms with Crippen molar-refractivity contribution in [3.05, 3.63) is 35.1 Å². The molecule has 1 aliphatic rings. The first-order valence-corrected chi connectivity index (χ1v) is 5.07. The van der Waals surface area contributed by atoms with Crippen molar-refractivity contribution in [1.29, 1.82) is 0 Å². The minimum absolute atomic E-state index is 0.230. The monoisotopic (exact) mass is 206 g/mol. The first-order chi connectivity index (χ1) is 7.22. The normalized spacial score (nSPS) is 14.3. The molecule has 1 aliphatic carbocycles. The summed E-state index contributed by atoms with van der Waals surface area (Å²) in [5, 5.41) is 19.3. The lowest BCUT2D eigenvalue weighted by atomic mass is 9.94. The molecule has 1 aromatic carbocycles. The van der Waals surface area contributed by atoms with Crippen LogP contribution in [0.1, 0.15) is 18.1 Å². The molecule has 0 radical (unpaired) electrons. The Kier molecular flexibility index (Phi) is 2.54. The van der Waals surface area contributed by atoms with Crippen molar-refractivity contribution >= 4 is 0 Å². The third-order valence-corrected chi connectivity index (χ3v) is 2.60. The van der Waals surface area contributed by atoms with E-state index < -0.39 is 0 Å². The van der Waals surface area contributed by atoms with Crippen molar-refractivity contribution in [2.24, 2.45) is 0 Å². The van der Waals surface area contributed by atoms with Gasteiger partial charge < -0.3 is 14.9 Å². The Morgan fingerprint density at radius 2 is 1.87 bits per heavy atom. The summed E-state index contributed by atoms with van der Waals surface area (Å²) in [6, 6.07) is 3.04. The first kappa shape index (κ1) is 9.90. The van der Waals surface area contributed by atoms with E-state index in [0.717, 1.165) is 16.9 Å². The second-order valence-electron chi connectivity index (χ2n) is 3.55. The van der Waals surface area contributed by atoms with Crippen LogP contribution in [0.3, 0.4) is 0 Å². The van der Waals surface area contributed by atoms with Crippen molar-refractivity contribution in [2.75, 3.05) is 6.61 Å². The summed E-state index contributed by atoms with van der Waals surface area (Å²) in [5.74, 6) is 1.34. The summed E-state index contributed by atoms with van der Waals surface area (Å²) in [4.78, 5) is 0. The van der Waals surface area contributed by atoms with Gasteiger partial charge in [0.1, 0.15) is 11.5 Å². The van der Waals surface area contributed by atoms with Crippen LogP contribution in [-0.4, -0.2) is 16.8 Å². The zero-order valence-corrected chi connectivity index (χ0v) is 8.66. The molecule has 0 amide bonds. The van der Waals surface area contributed by atoms with Gasteiger partial charge in [-0.15, -0.1) is 0 Å². The van der Waals surface area contributed by atoms with Crippen molar-refractivity contribution in [3.63, 3.8) is 0 Å². The van der Waals surface area contributed by atoms with E-state index in [4.69, 9.17) is 4.74 Å². The van der Waals surface area contributed by atoms with Gasteiger partial charge in [-0.25, -0.2) is 0 Å². The number of fused-ring (bicyclic) bond motifs is 1. The molecule has 0 fully saturated rings. The highest BCUT2D eigenvalue weighted by Gasteiger charge is 2.18. The summed E-state index contributed by atoms with van der Waals surface area (Å²) < 4.78 is 5.40. The van der Waals surface area contributed by atoms with E-state index in [0.29, 0.717) is 19.4 Å². The highest BCUT2D eigenvalue weighted by molar-refractivity contribution is 5.51. The van der Waals surface area contributed by atoms with Gasteiger partial charge in [0.15, 0.2) is 0 Å². The molecule has 0 bridgehead atoms. The van der Waals surface area contributed by atoms with E-state index in [1.165, 1.54) is 12.1 Å². The van der Waals surface area contributed by atoms with Gasteiger partial charge in [0.05, 0.1) is 12.4 Å². The van der Waals surface area contributed by atoms with Crippen LogP contribution in [0.5, 0.6) is 11.5 Å². The molecule has 80 valence electrons. The van der Waals surface area contributed by atoms with E-state index in [9.17, 15) is 10.2 Å². The van der Waals surface area contributed by atoms with Gasteiger partial charge in [0, 0.05) is 17.5 Å². The standard InChI is InChI=1S/C12H14O3/c1-2-15-8-3-4-9-10(7-8)12(14)6-5-11(9)13/h3,5-6,13-14H,2,4,7H2,1H3. The van der Waals surface area contributed by atoms with E-state index in [1.807, 2.05) is 13.0 Å². The second kappa shape index (κ2) is 3.85. The molecule has 2 rings (SSSR count). The maximum Gasteiger partial charge on any atom is 0.119 e. The van der Waals surface area contributed by atoms with Crippen molar-refractivity contribution in [3.8, 4) is 11.5 Å². The molecule has 3 heteroatoms. The first-order valence-electron chi connectivity index (χ1n) is 5.07. The highest BCUT2D eigenvalue weighted by Crippen LogP contribution is 2.34. The minimum atomic E-state index is 0.230. The van der Waals surface area contributed by atoms with Crippen LogP contribution in [0.4, 0.5) is 0 Å². The smallest absolute Gasteiger partial charge is 0.119 e. The third kappa shape index (κ3) is 1.77. The molecule has 0 heterocycles. The number of allylic oxidation sites excluding steroid dienone is 2. The number of phenols is 2. The molecule has 0 saturated heterocycles. The van der Waals surface area contributed by atoms with E-state index in [-0.39, 0.29) is 11.5 Å². The van der Waals surface area contributed by atoms with Crippen LogP contribution >= 0.6 is 0 Å². The minimum Gasteiger partial charge on any atom is -0.508 e. The number of hydrogen-bond donors (Lipinski definition) is 2. The lowest BCUT2D eigenvalue weighted by Crippen LogP contribution is -2.06. The molecule has 1 aromatic rings. The van der Waals surface area contributed by atoms with Gasteiger partial charge in [0.2, 0.25) is 0 Å². The van der Waals surface area contributed by atoms with Gasteiger partial charge >= 0.3 is 0 Å². The van der Waals surface area contributed by atoms with Crippen LogP contribution < -0.4 is 0 Å². The van der Waals surface area contributed by atoms with Gasteiger partial charge in [-0.1, -0.05) is 0 Å². The van der Waals surface area contributed by atoms with E-state index in [2.05, 4.69) is 0 Å². The van der Waals surface area contributed by atoms with E-state index in [1.54, 1.807) is 0 Å². The Morgan fingerprint density at radius 1 is 1.20 bits per heavy atom. The van der Waals surface area contributed by atoms with Crippen LogP contribution in [0.2, 0.25) is 0 Å². The summed E-state index contributed by atoms with van der Waals surface area (Å²) in [6.07, 6.45) is 3.12. The quantitative estimate of drug-likeness (QED) is 0.729. The SMILES string of the molecule is CCOC1=CCc2c(O)ccc(O)c2C1. The number of phenolic OH excluding ortho intramolecular Hbond substituents is 2. The molecule has 0 aliphatic heterocycles. The molecule has 0 saturated carbocycles. The Labute approximate surface area is 88.6 Å². The lowest BCUT2D eigenvalue weighted by Gasteiger charge is -2.19. The predicted octanol–water partition coefficient (Wildman–Crippen LogP) is 2.12. The Bertz CT molecular complexity index is 408. The van der Waals surface area contributed by atoms with E-state index >= 15 is 0 Å². The highest BCUT2D eigenvalue weighted by atomic mass is 16.5. The largest absolute Gasteiger partial charge is 0.508 e. The molecular weight excluding hydrogens is 192 g/mol. The maximum absolute atomic E-state index is 9.67. The van der Waals surface area contributed by atoms with Gasteiger partial charge in [0.25, 0.3) is 0 Å². The van der Waals surface area contributed by atoms with Crippen LogP contribution in [0.25, 0.3) is 0 Å². The van der Waals surface area contributed by atoms with Crippen LogP contribution in [0, 0.1) is 0 Å². The number of aromatic hydroxyl groups is 2. The van der Waals surface area contributed by atoms with Crippen LogP contribution in [-0.2, 0) is 17.6 Å². The fourth-order valence-electron chi connectivity index (χ4n) is 1.85. The third-order valence-electron chi connectivity index (χ3n) is 2.60. The average Bonchev–Trinajstić information content (AvgIpc) is 2.24. The summed E-state index contributed by atoms with van der Waals surface area (Å²) in [6.45, 7) is 2.55. The average molecular weight is 206 g/mol. The van der Waals surface area contributed by atoms with Crippen molar-refractivity contribution in [2.45, 2.75) is 19.8 Å². The fourth-order valence-corrected chi connectivity index (χ4v) is 1.85. The Hall–Kier alpha value is -1.64. The zero-order valence-electron chi connectivity index (χ0n) is 8.66. The topological polar surface area (TPSA) is 49.7 Å². The number of rotatable bonds is 2. The summed E-state index contributed by atoms with van der Waals surface area (Å²) in [7, 11) is 0. The van der Waals surface area contributed by atoms with Crippen molar-refractivity contribution in [1.82, 2.24) is 0 Å². The molecule has 0 spiro atoms. The number of benzene rings is 1. The molecule has 0 aromatic heterocycles. The Morgan fingerprint density at radius 3 is 2.53 bits per heavy atom. The molecule has 0 atom stereocenters. The van der Waals surface area contributed by atoms with Crippen molar-refractivity contribution < 1.29 is 14.9 Å². The van der Waals surface area contributed by atoms with Gasteiger partial charge in [-0.2, -0.15) is 0 Å².